The van der Waals surface area contributed by atoms with E-state index in [-0.39, 0.29) is 10.8 Å². The topological polar surface area (TPSA) is 70.7 Å². The molecule has 0 N–H and O–H groups in total. The van der Waals surface area contributed by atoms with Crippen LogP contribution in [-0.4, -0.2) is 29.1 Å². The Hall–Kier alpha value is -5.56. The third kappa shape index (κ3) is 4.90. The second-order valence-corrected chi connectivity index (χ2v) is 14.2. The van der Waals surface area contributed by atoms with Gasteiger partial charge >= 0.3 is 0 Å². The van der Waals surface area contributed by atoms with E-state index in [1.54, 1.807) is 6.20 Å². The molecule has 0 atom stereocenters. The van der Waals surface area contributed by atoms with Crippen molar-refractivity contribution in [1.82, 2.24) is 29.1 Å². The van der Waals surface area contributed by atoms with Crippen LogP contribution in [0.3, 0.4) is 0 Å². The molecule has 47 heavy (non-hydrogen) atoms. The molecule has 2 aromatic carbocycles. The van der Waals surface area contributed by atoms with Crippen molar-refractivity contribution in [2.75, 3.05) is 0 Å². The van der Waals surface area contributed by atoms with Gasteiger partial charge in [-0.15, -0.1) is 0 Å². The Kier molecular flexibility index (Phi) is 6.45. The normalized spacial score (nSPS) is 12.5. The average Bonchev–Trinajstić information content (AvgIpc) is 3.56. The van der Waals surface area contributed by atoms with E-state index >= 15 is 0 Å². The van der Waals surface area contributed by atoms with E-state index in [4.69, 9.17) is 24.7 Å². The van der Waals surface area contributed by atoms with Crippen LogP contribution in [0.2, 0.25) is 0 Å². The fraction of sp³-hybridized carbons (Fsp3) is 0.200. The predicted molar refractivity (Wildman–Crippen MR) is 190 cm³/mol. The molecule has 0 fully saturated rings. The summed E-state index contributed by atoms with van der Waals surface area (Å²) in [7, 11) is 0. The Labute approximate surface area is 273 Å². The van der Waals surface area contributed by atoms with Gasteiger partial charge in [-0.1, -0.05) is 77.9 Å². The fourth-order valence-corrected chi connectivity index (χ4v) is 6.36. The van der Waals surface area contributed by atoms with Crippen LogP contribution in [0.25, 0.3) is 55.5 Å². The monoisotopic (exact) mass is 616 g/mol. The third-order valence-corrected chi connectivity index (χ3v) is 8.86. The van der Waals surface area contributed by atoms with Gasteiger partial charge in [0.2, 0.25) is 5.88 Å². The molecule has 0 spiro atoms. The van der Waals surface area contributed by atoms with Crippen LogP contribution < -0.4 is 4.74 Å². The second-order valence-electron chi connectivity index (χ2n) is 14.2. The number of hydrogen-bond acceptors (Lipinski definition) is 5. The Balaban J connectivity index is 1.30. The highest BCUT2D eigenvalue weighted by Gasteiger charge is 2.22. The highest BCUT2D eigenvalue weighted by Crippen LogP contribution is 2.37. The molecule has 0 saturated carbocycles. The van der Waals surface area contributed by atoms with Crippen LogP contribution in [0.1, 0.15) is 52.7 Å². The van der Waals surface area contributed by atoms with Gasteiger partial charge in [-0.2, -0.15) is 4.98 Å². The lowest BCUT2D eigenvalue weighted by Gasteiger charge is -2.21. The van der Waals surface area contributed by atoms with E-state index in [1.165, 1.54) is 5.56 Å². The summed E-state index contributed by atoms with van der Waals surface area (Å²) in [5, 5.41) is 2.15. The SMILES string of the molecule is CC(C)(C)c1ccnc(-n2c3ccccc3c3ncc(Oc4cc(C(C)(C)C)cc(-n5c6ccccc6c6ncccc65)n4)cc32)c1. The summed E-state index contributed by atoms with van der Waals surface area (Å²) in [6, 6.07) is 31.2. The summed E-state index contributed by atoms with van der Waals surface area (Å²) in [5.74, 6) is 2.72. The number of hydrogen-bond donors (Lipinski definition) is 0. The maximum absolute atomic E-state index is 6.61. The summed E-state index contributed by atoms with van der Waals surface area (Å²) in [6.07, 6.45) is 5.51. The Bertz CT molecular complexity index is 2420. The van der Waals surface area contributed by atoms with E-state index in [1.807, 2.05) is 42.7 Å². The van der Waals surface area contributed by atoms with Crippen molar-refractivity contribution in [3.63, 3.8) is 0 Å². The fourth-order valence-electron chi connectivity index (χ4n) is 6.36. The minimum atomic E-state index is -0.148. The zero-order valence-corrected chi connectivity index (χ0v) is 27.5. The van der Waals surface area contributed by atoms with E-state index in [0.29, 0.717) is 11.6 Å². The standard InChI is InChI=1S/C40H36N6O/c1-39(2,3)25-17-19-41-34(20-25)46-31-15-10-8-13-29(31)38-33(46)23-27(24-43-38)47-36-22-26(40(4,5)6)21-35(44-36)45-30-14-9-7-12-28(30)37-32(45)16-11-18-42-37/h7-24H,1-6H3. The van der Waals surface area contributed by atoms with Crippen molar-refractivity contribution in [2.45, 2.75) is 52.4 Å². The number of benzene rings is 2. The van der Waals surface area contributed by atoms with Crippen LogP contribution in [0.5, 0.6) is 11.6 Å². The lowest BCUT2D eigenvalue weighted by atomic mass is 9.87. The van der Waals surface area contributed by atoms with Crippen molar-refractivity contribution in [1.29, 1.82) is 0 Å². The molecule has 8 rings (SSSR count). The molecule has 6 aromatic heterocycles. The van der Waals surface area contributed by atoms with Gasteiger partial charge < -0.3 is 4.74 Å². The molecule has 0 radical (unpaired) electrons. The molecule has 0 unspecified atom stereocenters. The molecule has 0 saturated heterocycles. The van der Waals surface area contributed by atoms with Crippen molar-refractivity contribution in [2.24, 2.45) is 0 Å². The Morgan fingerprint density at radius 2 is 1.15 bits per heavy atom. The first-order valence-electron chi connectivity index (χ1n) is 16.0. The van der Waals surface area contributed by atoms with E-state index < -0.39 is 0 Å². The molecular formula is C40H36N6O. The molecule has 232 valence electrons. The van der Waals surface area contributed by atoms with Gasteiger partial charge in [0.05, 0.1) is 39.3 Å². The first-order valence-corrected chi connectivity index (χ1v) is 16.0. The minimum Gasteiger partial charge on any atom is -0.437 e. The second kappa shape index (κ2) is 10.5. The van der Waals surface area contributed by atoms with Gasteiger partial charge in [0, 0.05) is 35.3 Å². The molecular weight excluding hydrogens is 580 g/mol. The van der Waals surface area contributed by atoms with Gasteiger partial charge in [-0.05, 0) is 64.4 Å². The predicted octanol–water partition coefficient (Wildman–Crippen LogP) is 9.85. The van der Waals surface area contributed by atoms with Crippen LogP contribution in [-0.2, 0) is 10.8 Å². The molecule has 0 aliphatic rings. The Morgan fingerprint density at radius 1 is 0.532 bits per heavy atom. The minimum absolute atomic E-state index is 0.0170. The van der Waals surface area contributed by atoms with Crippen LogP contribution >= 0.6 is 0 Å². The van der Waals surface area contributed by atoms with Gasteiger partial charge in [0.1, 0.15) is 17.4 Å². The lowest BCUT2D eigenvalue weighted by Crippen LogP contribution is -2.13. The van der Waals surface area contributed by atoms with Crippen LogP contribution in [0.15, 0.2) is 110 Å². The summed E-state index contributed by atoms with van der Waals surface area (Å²) in [6.45, 7) is 13.3. The van der Waals surface area contributed by atoms with E-state index in [9.17, 15) is 0 Å². The summed E-state index contributed by atoms with van der Waals surface area (Å²) >= 11 is 0. The molecule has 0 bridgehead atoms. The maximum Gasteiger partial charge on any atom is 0.221 e. The molecule has 7 nitrogen and oxygen atoms in total. The molecule has 8 aromatic rings. The first-order chi connectivity index (χ1) is 22.6. The van der Waals surface area contributed by atoms with Gasteiger partial charge in [0.15, 0.2) is 0 Å². The number of para-hydroxylation sites is 2. The van der Waals surface area contributed by atoms with Crippen molar-refractivity contribution in [3.8, 4) is 23.3 Å². The quantitative estimate of drug-likeness (QED) is 0.197. The van der Waals surface area contributed by atoms with Crippen molar-refractivity contribution < 1.29 is 4.74 Å². The largest absolute Gasteiger partial charge is 0.437 e. The summed E-state index contributed by atoms with van der Waals surface area (Å²) < 4.78 is 11.0. The number of ether oxygens (including phenoxy) is 1. The number of rotatable bonds is 4. The highest BCUT2D eigenvalue weighted by molar-refractivity contribution is 6.08. The number of aromatic nitrogens is 6. The molecule has 0 amide bonds. The number of fused-ring (bicyclic) bond motifs is 6. The van der Waals surface area contributed by atoms with Crippen molar-refractivity contribution >= 4 is 43.9 Å². The zero-order valence-electron chi connectivity index (χ0n) is 27.5. The summed E-state index contributed by atoms with van der Waals surface area (Å²) in [5.41, 5.74) is 8.00. The smallest absolute Gasteiger partial charge is 0.221 e. The Morgan fingerprint density at radius 3 is 1.85 bits per heavy atom. The first kappa shape index (κ1) is 28.9. The molecule has 6 heterocycles. The summed E-state index contributed by atoms with van der Waals surface area (Å²) in [4.78, 5) is 19.6. The molecule has 7 heteroatoms. The maximum atomic E-state index is 6.61. The highest BCUT2D eigenvalue weighted by atomic mass is 16.5. The van der Waals surface area contributed by atoms with Gasteiger partial charge in [-0.3, -0.25) is 19.1 Å². The van der Waals surface area contributed by atoms with Crippen LogP contribution in [0.4, 0.5) is 0 Å². The number of nitrogens with zero attached hydrogens (tertiary/aromatic N) is 6. The van der Waals surface area contributed by atoms with E-state index in [0.717, 1.165) is 61.1 Å². The van der Waals surface area contributed by atoms with Gasteiger partial charge in [-0.25, -0.2) is 4.98 Å². The number of pyridine rings is 4. The third-order valence-electron chi connectivity index (χ3n) is 8.86. The van der Waals surface area contributed by atoms with Gasteiger partial charge in [0.25, 0.3) is 0 Å². The zero-order chi connectivity index (χ0) is 32.5. The average molecular weight is 617 g/mol. The lowest BCUT2D eigenvalue weighted by molar-refractivity contribution is 0.457. The van der Waals surface area contributed by atoms with Crippen LogP contribution in [0, 0.1) is 0 Å². The molecule has 0 aliphatic heterocycles. The van der Waals surface area contributed by atoms with Crippen molar-refractivity contribution in [3.05, 3.63) is 121 Å². The van der Waals surface area contributed by atoms with E-state index in [2.05, 4.69) is 111 Å². The molecule has 0 aliphatic carbocycles.